The Morgan fingerprint density at radius 2 is 2.00 bits per heavy atom. The van der Waals surface area contributed by atoms with Crippen LogP contribution in [0.2, 0.25) is 0 Å². The van der Waals surface area contributed by atoms with Gasteiger partial charge in [-0.3, -0.25) is 0 Å². The lowest BCUT2D eigenvalue weighted by molar-refractivity contribution is 0.0175. The van der Waals surface area contributed by atoms with E-state index >= 15 is 0 Å². The van der Waals surface area contributed by atoms with Gasteiger partial charge in [0.25, 0.3) is 10.2 Å². The van der Waals surface area contributed by atoms with Crippen molar-refractivity contribution in [3.8, 4) is 0 Å². The van der Waals surface area contributed by atoms with Crippen LogP contribution in [0.4, 0.5) is 0 Å². The highest BCUT2D eigenvalue weighted by atomic mass is 32.2. The van der Waals surface area contributed by atoms with Crippen molar-refractivity contribution in [2.45, 2.75) is 57.6 Å². The fraction of sp³-hybridized carbons (Fsp3) is 1.00. The average molecular weight is 319 g/mol. The zero-order valence-corrected chi connectivity index (χ0v) is 13.9. The standard InChI is InChI=1S/C14H29N3O3S/c1-2-10-20-14-7-5-8-16(12-14)21(18,19)17-9-4-3-6-13(17)11-15/h13-14H,2-12,15H2,1H3. The molecule has 7 heteroatoms. The number of rotatable bonds is 6. The second-order valence-corrected chi connectivity index (χ2v) is 7.88. The number of ether oxygens (including phenoxy) is 1. The molecule has 6 nitrogen and oxygen atoms in total. The quantitative estimate of drug-likeness (QED) is 0.790. The summed E-state index contributed by atoms with van der Waals surface area (Å²) in [6, 6.07) is -0.0410. The Bertz CT molecular complexity index is 416. The molecule has 2 saturated heterocycles. The molecule has 0 aromatic rings. The van der Waals surface area contributed by atoms with E-state index in [0.717, 1.165) is 38.5 Å². The molecule has 0 radical (unpaired) electrons. The van der Waals surface area contributed by atoms with Crippen molar-refractivity contribution in [3.05, 3.63) is 0 Å². The van der Waals surface area contributed by atoms with Crippen LogP contribution in [-0.4, -0.2) is 62.0 Å². The fourth-order valence-corrected chi connectivity index (χ4v) is 5.14. The number of nitrogens with zero attached hydrogens (tertiary/aromatic N) is 2. The number of hydrogen-bond acceptors (Lipinski definition) is 4. The first kappa shape index (κ1) is 17.1. The molecule has 21 heavy (non-hydrogen) atoms. The van der Waals surface area contributed by atoms with E-state index in [2.05, 4.69) is 6.92 Å². The van der Waals surface area contributed by atoms with Gasteiger partial charge in [-0.15, -0.1) is 0 Å². The summed E-state index contributed by atoms with van der Waals surface area (Å²) in [6.45, 7) is 4.85. The molecule has 124 valence electrons. The lowest BCUT2D eigenvalue weighted by Crippen LogP contribution is -2.55. The predicted molar refractivity (Wildman–Crippen MR) is 83.2 cm³/mol. The maximum Gasteiger partial charge on any atom is 0.282 e. The minimum absolute atomic E-state index is 0.0367. The molecule has 2 heterocycles. The largest absolute Gasteiger partial charge is 0.377 e. The van der Waals surface area contributed by atoms with Gasteiger partial charge >= 0.3 is 0 Å². The molecule has 2 fully saturated rings. The molecule has 2 N–H and O–H groups in total. The van der Waals surface area contributed by atoms with E-state index in [0.29, 0.717) is 32.8 Å². The highest BCUT2D eigenvalue weighted by Gasteiger charge is 2.38. The average Bonchev–Trinajstić information content (AvgIpc) is 2.53. The molecule has 2 aliphatic heterocycles. The summed E-state index contributed by atoms with van der Waals surface area (Å²) in [5.74, 6) is 0. The van der Waals surface area contributed by atoms with Gasteiger partial charge in [0.2, 0.25) is 0 Å². The molecule has 0 aromatic heterocycles. The van der Waals surface area contributed by atoms with Crippen LogP contribution in [0.1, 0.15) is 45.4 Å². The first-order chi connectivity index (χ1) is 10.1. The Labute approximate surface area is 128 Å². The summed E-state index contributed by atoms with van der Waals surface area (Å²) < 4.78 is 34.7. The van der Waals surface area contributed by atoms with Gasteiger partial charge in [-0.1, -0.05) is 13.3 Å². The third kappa shape index (κ3) is 4.16. The third-order valence-electron chi connectivity index (χ3n) is 4.37. The Morgan fingerprint density at radius 3 is 2.71 bits per heavy atom. The fourth-order valence-electron chi connectivity index (χ4n) is 3.20. The highest BCUT2D eigenvalue weighted by Crippen LogP contribution is 2.25. The van der Waals surface area contributed by atoms with Crippen LogP contribution >= 0.6 is 0 Å². The van der Waals surface area contributed by atoms with E-state index in [1.54, 1.807) is 8.61 Å². The summed E-state index contributed by atoms with van der Waals surface area (Å²) in [5, 5.41) is 0. The summed E-state index contributed by atoms with van der Waals surface area (Å²) in [7, 11) is -3.40. The molecule has 0 amide bonds. The third-order valence-corrected chi connectivity index (χ3v) is 6.42. The molecular formula is C14H29N3O3S. The van der Waals surface area contributed by atoms with Crippen molar-refractivity contribution in [1.82, 2.24) is 8.61 Å². The second kappa shape index (κ2) is 7.87. The predicted octanol–water partition coefficient (Wildman–Crippen LogP) is 0.935. The lowest BCUT2D eigenvalue weighted by atomic mass is 10.1. The SMILES string of the molecule is CCCOC1CCCN(S(=O)(=O)N2CCCCC2CN)C1. The van der Waals surface area contributed by atoms with Gasteiger partial charge in [-0.05, 0) is 32.1 Å². The maximum absolute atomic E-state index is 12.9. The Kier molecular flexibility index (Phi) is 6.43. The van der Waals surface area contributed by atoms with Gasteiger partial charge in [0.15, 0.2) is 0 Å². The van der Waals surface area contributed by atoms with Crippen LogP contribution in [-0.2, 0) is 14.9 Å². The van der Waals surface area contributed by atoms with Gasteiger partial charge in [-0.25, -0.2) is 0 Å². The minimum atomic E-state index is -3.40. The summed E-state index contributed by atoms with van der Waals surface area (Å²) >= 11 is 0. The van der Waals surface area contributed by atoms with Gasteiger partial charge in [-0.2, -0.15) is 17.0 Å². The van der Waals surface area contributed by atoms with Crippen LogP contribution in [0.15, 0.2) is 0 Å². The van der Waals surface area contributed by atoms with Crippen LogP contribution < -0.4 is 5.73 Å². The minimum Gasteiger partial charge on any atom is -0.377 e. The highest BCUT2D eigenvalue weighted by molar-refractivity contribution is 7.86. The van der Waals surface area contributed by atoms with Gasteiger partial charge in [0.05, 0.1) is 6.10 Å². The van der Waals surface area contributed by atoms with Gasteiger partial charge in [0, 0.05) is 38.8 Å². The molecule has 0 saturated carbocycles. The van der Waals surface area contributed by atoms with E-state index in [1.807, 2.05) is 0 Å². The molecule has 2 unspecified atom stereocenters. The molecule has 2 atom stereocenters. The van der Waals surface area contributed by atoms with Crippen LogP contribution in [0.3, 0.4) is 0 Å². The number of piperidine rings is 2. The van der Waals surface area contributed by atoms with Crippen LogP contribution in [0, 0.1) is 0 Å². The van der Waals surface area contributed by atoms with E-state index in [4.69, 9.17) is 10.5 Å². The van der Waals surface area contributed by atoms with Gasteiger partial charge < -0.3 is 10.5 Å². The summed E-state index contributed by atoms with van der Waals surface area (Å²) in [6.07, 6.45) is 5.69. The van der Waals surface area contributed by atoms with Gasteiger partial charge in [0.1, 0.15) is 0 Å². The normalized spacial score (nSPS) is 29.6. The second-order valence-electron chi connectivity index (χ2n) is 6.00. The zero-order valence-electron chi connectivity index (χ0n) is 13.0. The smallest absolute Gasteiger partial charge is 0.282 e. The van der Waals surface area contributed by atoms with E-state index in [-0.39, 0.29) is 12.1 Å². The Morgan fingerprint density at radius 1 is 1.19 bits per heavy atom. The van der Waals surface area contributed by atoms with Crippen molar-refractivity contribution in [1.29, 1.82) is 0 Å². The summed E-state index contributed by atoms with van der Waals surface area (Å²) in [5.41, 5.74) is 5.76. The zero-order chi connectivity index (χ0) is 15.3. The van der Waals surface area contributed by atoms with E-state index in [1.165, 1.54) is 0 Å². The Hall–Kier alpha value is -0.210. The monoisotopic (exact) mass is 319 g/mol. The first-order valence-electron chi connectivity index (χ1n) is 8.18. The van der Waals surface area contributed by atoms with Crippen molar-refractivity contribution >= 4 is 10.2 Å². The summed E-state index contributed by atoms with van der Waals surface area (Å²) in [4.78, 5) is 0. The lowest BCUT2D eigenvalue weighted by Gasteiger charge is -2.40. The van der Waals surface area contributed by atoms with E-state index in [9.17, 15) is 8.42 Å². The Balaban J connectivity index is 2.03. The van der Waals surface area contributed by atoms with Crippen LogP contribution in [0.25, 0.3) is 0 Å². The van der Waals surface area contributed by atoms with Crippen molar-refractivity contribution < 1.29 is 13.2 Å². The number of hydrogen-bond donors (Lipinski definition) is 1. The molecule has 2 rings (SSSR count). The molecule has 0 bridgehead atoms. The van der Waals surface area contributed by atoms with Crippen molar-refractivity contribution in [2.75, 3.05) is 32.8 Å². The first-order valence-corrected chi connectivity index (χ1v) is 9.58. The van der Waals surface area contributed by atoms with Crippen LogP contribution in [0.5, 0.6) is 0 Å². The molecule has 0 aromatic carbocycles. The molecular weight excluding hydrogens is 290 g/mol. The molecule has 0 spiro atoms. The van der Waals surface area contributed by atoms with Crippen molar-refractivity contribution in [3.63, 3.8) is 0 Å². The molecule has 0 aliphatic carbocycles. The topological polar surface area (TPSA) is 75.9 Å². The van der Waals surface area contributed by atoms with Crippen molar-refractivity contribution in [2.24, 2.45) is 5.73 Å². The maximum atomic E-state index is 12.9. The molecule has 2 aliphatic rings. The number of nitrogens with two attached hydrogens (primary N) is 1. The van der Waals surface area contributed by atoms with E-state index < -0.39 is 10.2 Å².